The standard InChI is InChI=1S/C30H44N6O5S.CH3NO2/c1-6-36-26-10-9-20(35-12-13-42(39,40)21(17-35)15-25(31)29(38)34-32)14-23(26)24(16-30(3,4)18-37)28(36)22-8-7-11-33-27(22)19(2)41-5;1-4-2-3/h7-11,14,19,21,25,37H,6,12-13,15-18,31-32H2,1-5H3,(H,34,38);1H3. The van der Waals surface area contributed by atoms with E-state index in [1.54, 1.807) is 13.3 Å². The number of aromatic nitrogens is 2. The van der Waals surface area contributed by atoms with Crippen molar-refractivity contribution in [3.8, 4) is 11.3 Å². The van der Waals surface area contributed by atoms with E-state index in [4.69, 9.17) is 21.2 Å². The smallest absolute Gasteiger partial charge is 0.250 e. The van der Waals surface area contributed by atoms with Crippen LogP contribution in [0.1, 0.15) is 51.5 Å². The van der Waals surface area contributed by atoms with Crippen molar-refractivity contribution in [3.63, 3.8) is 0 Å². The van der Waals surface area contributed by atoms with Crippen LogP contribution in [0.4, 0.5) is 5.69 Å². The van der Waals surface area contributed by atoms with E-state index >= 15 is 0 Å². The lowest BCUT2D eigenvalue weighted by Crippen LogP contribution is -2.52. The van der Waals surface area contributed by atoms with Crippen molar-refractivity contribution < 1.29 is 27.9 Å². The SMILES string of the molecule is CCn1c(-c2cccnc2C(C)OC)c(CC(C)(C)CO)c2cc(N3CCS(=O)(=O)C(CC(N)C(=O)NN)C3)ccc21.CON=O. The molecule has 3 atom stereocenters. The van der Waals surface area contributed by atoms with Gasteiger partial charge in [0.05, 0.1) is 34.5 Å². The fourth-order valence-electron chi connectivity index (χ4n) is 5.82. The van der Waals surface area contributed by atoms with Crippen molar-refractivity contribution in [1.82, 2.24) is 15.0 Å². The number of aryl methyl sites for hydroxylation is 1. The number of rotatable bonds is 12. The zero-order valence-corrected chi connectivity index (χ0v) is 28.2. The predicted molar refractivity (Wildman–Crippen MR) is 178 cm³/mol. The molecule has 254 valence electrons. The van der Waals surface area contributed by atoms with E-state index in [-0.39, 0.29) is 31.4 Å². The zero-order chi connectivity index (χ0) is 34.2. The Balaban J connectivity index is 0.00000136. The van der Waals surface area contributed by atoms with E-state index in [9.17, 15) is 18.3 Å². The lowest BCUT2D eigenvalue weighted by Gasteiger charge is -2.35. The number of aliphatic hydroxyl groups is 1. The highest BCUT2D eigenvalue weighted by molar-refractivity contribution is 7.92. The maximum Gasteiger partial charge on any atom is 0.250 e. The molecule has 1 saturated heterocycles. The summed E-state index contributed by atoms with van der Waals surface area (Å²) in [5.74, 6) is 4.59. The summed E-state index contributed by atoms with van der Waals surface area (Å²) in [7, 11) is -0.561. The monoisotopic (exact) mass is 661 g/mol. The second kappa shape index (κ2) is 15.8. The highest BCUT2D eigenvalue weighted by atomic mass is 32.2. The first kappa shape index (κ1) is 36.8. The van der Waals surface area contributed by atoms with Crippen molar-refractivity contribution >= 4 is 32.3 Å². The summed E-state index contributed by atoms with van der Waals surface area (Å²) in [6.45, 7) is 9.44. The average Bonchev–Trinajstić information content (AvgIpc) is 3.36. The van der Waals surface area contributed by atoms with Gasteiger partial charge in [0.15, 0.2) is 15.2 Å². The molecule has 3 heterocycles. The van der Waals surface area contributed by atoms with E-state index in [0.29, 0.717) is 19.5 Å². The third-order valence-electron chi connectivity index (χ3n) is 8.40. The van der Waals surface area contributed by atoms with Crippen molar-refractivity contribution in [2.45, 2.75) is 64.5 Å². The van der Waals surface area contributed by atoms with Gasteiger partial charge in [-0.15, -0.1) is 4.91 Å². The van der Waals surface area contributed by atoms with Gasteiger partial charge < -0.3 is 29.9 Å². The minimum atomic E-state index is -3.43. The molecule has 6 N–H and O–H groups in total. The van der Waals surface area contributed by atoms with Crippen LogP contribution in [0.2, 0.25) is 0 Å². The summed E-state index contributed by atoms with van der Waals surface area (Å²) in [4.78, 5) is 31.0. The number of nitrogens with zero attached hydrogens (tertiary/aromatic N) is 4. The number of hydrogen-bond donors (Lipinski definition) is 4. The van der Waals surface area contributed by atoms with Crippen LogP contribution < -0.4 is 21.9 Å². The number of anilines is 1. The number of hydrazine groups is 1. The third kappa shape index (κ3) is 8.20. The van der Waals surface area contributed by atoms with Gasteiger partial charge in [0, 0.05) is 61.7 Å². The van der Waals surface area contributed by atoms with Crippen LogP contribution in [-0.4, -0.2) is 79.9 Å². The summed E-state index contributed by atoms with van der Waals surface area (Å²) in [5, 5.41) is 12.5. The number of benzene rings is 1. The fourth-order valence-corrected chi connectivity index (χ4v) is 7.54. The first-order chi connectivity index (χ1) is 21.8. The highest BCUT2D eigenvalue weighted by Gasteiger charge is 2.36. The van der Waals surface area contributed by atoms with Crippen LogP contribution >= 0.6 is 0 Å². The zero-order valence-electron chi connectivity index (χ0n) is 27.4. The molecule has 2 aromatic heterocycles. The van der Waals surface area contributed by atoms with Gasteiger partial charge in [-0.25, -0.2) is 14.3 Å². The van der Waals surface area contributed by atoms with E-state index in [1.807, 2.05) is 48.6 Å². The van der Waals surface area contributed by atoms with Gasteiger partial charge in [0.1, 0.15) is 7.11 Å². The van der Waals surface area contributed by atoms with Crippen LogP contribution in [0.15, 0.2) is 41.9 Å². The van der Waals surface area contributed by atoms with Crippen LogP contribution in [0, 0.1) is 10.3 Å². The third-order valence-corrected chi connectivity index (χ3v) is 10.5. The summed E-state index contributed by atoms with van der Waals surface area (Å²) in [6, 6.07) is 9.18. The van der Waals surface area contributed by atoms with Crippen LogP contribution in [0.25, 0.3) is 22.2 Å². The molecular formula is C31H47N7O7S. The Hall–Kier alpha value is -3.63. The second-order valence-electron chi connectivity index (χ2n) is 12.1. The average molecular weight is 662 g/mol. The Bertz CT molecular complexity index is 1610. The predicted octanol–water partition coefficient (Wildman–Crippen LogP) is 2.62. The van der Waals surface area contributed by atoms with Gasteiger partial charge in [-0.2, -0.15) is 0 Å². The number of pyridine rings is 1. The molecule has 14 nitrogen and oxygen atoms in total. The number of amides is 1. The molecule has 0 radical (unpaired) electrons. The Kier molecular flexibility index (Phi) is 12.6. The Morgan fingerprint density at radius 3 is 2.57 bits per heavy atom. The lowest BCUT2D eigenvalue weighted by molar-refractivity contribution is -0.122. The number of nitrogens with one attached hydrogen (secondary N) is 1. The molecule has 1 aliphatic heterocycles. The normalized spacial score (nSPS) is 17.5. The maximum absolute atomic E-state index is 12.9. The maximum atomic E-state index is 12.9. The van der Waals surface area contributed by atoms with E-state index < -0.39 is 32.5 Å². The molecule has 1 fully saturated rings. The number of hydrogen-bond acceptors (Lipinski definition) is 12. The van der Waals surface area contributed by atoms with E-state index in [1.165, 1.54) is 7.11 Å². The van der Waals surface area contributed by atoms with Gasteiger partial charge in [-0.3, -0.25) is 15.2 Å². The van der Waals surface area contributed by atoms with Crippen molar-refractivity contribution in [2.24, 2.45) is 22.3 Å². The van der Waals surface area contributed by atoms with Gasteiger partial charge >= 0.3 is 0 Å². The summed E-state index contributed by atoms with van der Waals surface area (Å²) >= 11 is 0. The molecule has 4 rings (SSSR count). The number of sulfone groups is 1. The molecular weight excluding hydrogens is 614 g/mol. The minimum absolute atomic E-state index is 0.0155. The van der Waals surface area contributed by atoms with E-state index in [2.05, 4.69) is 39.5 Å². The minimum Gasteiger partial charge on any atom is -0.396 e. The second-order valence-corrected chi connectivity index (χ2v) is 14.5. The molecule has 3 unspecified atom stereocenters. The molecule has 0 spiro atoms. The first-order valence-electron chi connectivity index (χ1n) is 15.1. The Morgan fingerprint density at radius 2 is 1.98 bits per heavy atom. The highest BCUT2D eigenvalue weighted by Crippen LogP contribution is 2.41. The van der Waals surface area contributed by atoms with Gasteiger partial charge in [0.25, 0.3) is 5.91 Å². The summed E-state index contributed by atoms with van der Waals surface area (Å²) in [6.07, 6.45) is 2.14. The molecule has 1 aliphatic rings. The van der Waals surface area contributed by atoms with E-state index in [0.717, 1.165) is 39.1 Å². The molecule has 0 bridgehead atoms. The number of carbonyl (C=O) groups excluding carboxylic acids is 1. The van der Waals surface area contributed by atoms with Crippen LogP contribution in [0.3, 0.4) is 0 Å². The number of methoxy groups -OCH3 is 1. The summed E-state index contributed by atoms with van der Waals surface area (Å²) in [5.41, 5.74) is 13.4. The summed E-state index contributed by atoms with van der Waals surface area (Å²) < 4.78 is 33.8. The van der Waals surface area contributed by atoms with Crippen molar-refractivity contribution in [2.75, 3.05) is 44.6 Å². The van der Waals surface area contributed by atoms with Gasteiger partial charge in [-0.1, -0.05) is 13.8 Å². The largest absolute Gasteiger partial charge is 0.396 e. The first-order valence-corrected chi connectivity index (χ1v) is 16.8. The van der Waals surface area contributed by atoms with Gasteiger partial charge in [0.2, 0.25) is 0 Å². The molecule has 3 aromatic rings. The number of nitrogens with two attached hydrogens (primary N) is 2. The van der Waals surface area contributed by atoms with Crippen LogP contribution in [0.5, 0.6) is 0 Å². The van der Waals surface area contributed by atoms with Crippen LogP contribution in [-0.2, 0) is 37.2 Å². The molecule has 15 heteroatoms. The number of carbonyl (C=O) groups is 1. The molecule has 1 amide bonds. The van der Waals surface area contributed by atoms with Crippen molar-refractivity contribution in [3.05, 3.63) is 52.7 Å². The lowest BCUT2D eigenvalue weighted by atomic mass is 9.84. The Morgan fingerprint density at radius 1 is 1.28 bits per heavy atom. The quantitative estimate of drug-likeness (QED) is 0.0961. The molecule has 1 aromatic carbocycles. The topological polar surface area (TPSA) is 204 Å². The van der Waals surface area contributed by atoms with Gasteiger partial charge in [-0.05, 0) is 68.0 Å². The molecule has 0 aliphatic carbocycles. The number of ether oxygens (including phenoxy) is 1. The fraction of sp³-hybridized carbons (Fsp3) is 0.548. The van der Waals surface area contributed by atoms with Crippen molar-refractivity contribution in [1.29, 1.82) is 0 Å². The molecule has 0 saturated carbocycles. The number of aliphatic hydroxyl groups excluding tert-OH is 1. The number of fused-ring (bicyclic) bond motifs is 1. The molecule has 46 heavy (non-hydrogen) atoms. The Labute approximate surface area is 270 Å².